The van der Waals surface area contributed by atoms with Gasteiger partial charge in [0.1, 0.15) is 0 Å². The molecule has 0 radical (unpaired) electrons. The highest BCUT2D eigenvalue weighted by atomic mass is 14.9. The average Bonchev–Trinajstić information content (AvgIpc) is 2.93. The van der Waals surface area contributed by atoms with Crippen LogP contribution in [-0.4, -0.2) is 0 Å². The van der Waals surface area contributed by atoms with Crippen molar-refractivity contribution < 1.29 is 0 Å². The molecule has 2 aromatic rings. The third-order valence-corrected chi connectivity index (χ3v) is 4.03. The molecule has 0 aliphatic heterocycles. The monoisotopic (exact) mass is 251 g/mol. The number of nitrogens with one attached hydrogen (secondary N) is 1. The standard InChI is InChI=1S/C18H21N/c1-2-14-6-8-15(9-7-14)13-19-18-11-10-16-4-3-5-17(16)12-18/h6-12,19H,2-5,13H2,1H3. The lowest BCUT2D eigenvalue weighted by Crippen LogP contribution is -2.00. The molecule has 1 heteroatoms. The lowest BCUT2D eigenvalue weighted by Gasteiger charge is -2.09. The smallest absolute Gasteiger partial charge is 0.0400 e. The molecule has 98 valence electrons. The Kier molecular flexibility index (Phi) is 3.54. The number of hydrogen-bond donors (Lipinski definition) is 1. The van der Waals surface area contributed by atoms with Crippen LogP contribution in [0.4, 0.5) is 5.69 Å². The highest BCUT2D eigenvalue weighted by molar-refractivity contribution is 5.50. The predicted molar refractivity (Wildman–Crippen MR) is 81.6 cm³/mol. The van der Waals surface area contributed by atoms with Crippen LogP contribution in [0.5, 0.6) is 0 Å². The molecule has 0 heterocycles. The molecule has 0 aromatic heterocycles. The summed E-state index contributed by atoms with van der Waals surface area (Å²) < 4.78 is 0. The van der Waals surface area contributed by atoms with Crippen LogP contribution in [0.25, 0.3) is 0 Å². The molecule has 0 spiro atoms. The molecule has 0 fully saturated rings. The van der Waals surface area contributed by atoms with Gasteiger partial charge in [0.25, 0.3) is 0 Å². The Morgan fingerprint density at radius 2 is 1.63 bits per heavy atom. The summed E-state index contributed by atoms with van der Waals surface area (Å²) in [5, 5.41) is 3.53. The Balaban J connectivity index is 1.65. The van der Waals surface area contributed by atoms with Crippen molar-refractivity contribution in [2.24, 2.45) is 0 Å². The maximum absolute atomic E-state index is 3.53. The summed E-state index contributed by atoms with van der Waals surface area (Å²) in [6.07, 6.45) is 4.93. The number of fused-ring (bicyclic) bond motifs is 1. The fourth-order valence-corrected chi connectivity index (χ4v) is 2.78. The number of anilines is 1. The van der Waals surface area contributed by atoms with Crippen LogP contribution in [0.2, 0.25) is 0 Å². The summed E-state index contributed by atoms with van der Waals surface area (Å²) >= 11 is 0. The fraction of sp³-hybridized carbons (Fsp3) is 0.333. The predicted octanol–water partition coefficient (Wildman–Crippen LogP) is 4.35. The molecule has 1 N–H and O–H groups in total. The minimum Gasteiger partial charge on any atom is -0.381 e. The van der Waals surface area contributed by atoms with Crippen molar-refractivity contribution in [3.05, 3.63) is 64.7 Å². The van der Waals surface area contributed by atoms with Crippen molar-refractivity contribution in [1.82, 2.24) is 0 Å². The Bertz CT molecular complexity index is 554. The van der Waals surface area contributed by atoms with E-state index in [-0.39, 0.29) is 0 Å². The van der Waals surface area contributed by atoms with Crippen LogP contribution >= 0.6 is 0 Å². The second-order valence-corrected chi connectivity index (χ2v) is 5.36. The summed E-state index contributed by atoms with van der Waals surface area (Å²) in [4.78, 5) is 0. The molecule has 0 saturated carbocycles. The second-order valence-electron chi connectivity index (χ2n) is 5.36. The first-order valence-corrected chi connectivity index (χ1v) is 7.28. The average molecular weight is 251 g/mol. The van der Waals surface area contributed by atoms with Crippen molar-refractivity contribution >= 4 is 5.69 Å². The van der Waals surface area contributed by atoms with E-state index in [0.29, 0.717) is 0 Å². The van der Waals surface area contributed by atoms with Gasteiger partial charge in [-0.2, -0.15) is 0 Å². The number of rotatable bonds is 4. The minimum absolute atomic E-state index is 0.906. The molecule has 1 aliphatic rings. The highest BCUT2D eigenvalue weighted by Crippen LogP contribution is 2.25. The van der Waals surface area contributed by atoms with Gasteiger partial charge < -0.3 is 5.32 Å². The summed E-state index contributed by atoms with van der Waals surface area (Å²) in [5.74, 6) is 0. The van der Waals surface area contributed by atoms with Gasteiger partial charge in [0.2, 0.25) is 0 Å². The maximum Gasteiger partial charge on any atom is 0.0400 e. The Morgan fingerprint density at radius 3 is 2.42 bits per heavy atom. The zero-order valence-corrected chi connectivity index (χ0v) is 11.6. The molecule has 1 nitrogen and oxygen atoms in total. The van der Waals surface area contributed by atoms with Crippen LogP contribution in [-0.2, 0) is 25.8 Å². The fourth-order valence-electron chi connectivity index (χ4n) is 2.78. The summed E-state index contributed by atoms with van der Waals surface area (Å²) in [6, 6.07) is 15.7. The Morgan fingerprint density at radius 1 is 0.895 bits per heavy atom. The van der Waals surface area contributed by atoms with Crippen molar-refractivity contribution in [2.75, 3.05) is 5.32 Å². The van der Waals surface area contributed by atoms with Gasteiger partial charge in [0.05, 0.1) is 0 Å². The Hall–Kier alpha value is -1.76. The molecule has 0 unspecified atom stereocenters. The first kappa shape index (κ1) is 12.3. The SMILES string of the molecule is CCc1ccc(CNc2ccc3c(c2)CCC3)cc1. The van der Waals surface area contributed by atoms with Gasteiger partial charge in [-0.1, -0.05) is 37.3 Å². The topological polar surface area (TPSA) is 12.0 Å². The van der Waals surface area contributed by atoms with Crippen LogP contribution in [0, 0.1) is 0 Å². The van der Waals surface area contributed by atoms with Gasteiger partial charge in [-0.15, -0.1) is 0 Å². The van der Waals surface area contributed by atoms with Gasteiger partial charge >= 0.3 is 0 Å². The van der Waals surface area contributed by atoms with E-state index in [1.165, 1.54) is 47.2 Å². The second kappa shape index (κ2) is 5.48. The highest BCUT2D eigenvalue weighted by Gasteiger charge is 2.10. The van der Waals surface area contributed by atoms with Crippen molar-refractivity contribution in [3.8, 4) is 0 Å². The van der Waals surface area contributed by atoms with Gasteiger partial charge in [-0.05, 0) is 60.1 Å². The largest absolute Gasteiger partial charge is 0.381 e. The van der Waals surface area contributed by atoms with E-state index in [0.717, 1.165) is 13.0 Å². The maximum atomic E-state index is 3.53. The van der Waals surface area contributed by atoms with Gasteiger partial charge in [0.15, 0.2) is 0 Å². The summed E-state index contributed by atoms with van der Waals surface area (Å²) in [7, 11) is 0. The van der Waals surface area contributed by atoms with Crippen molar-refractivity contribution in [2.45, 2.75) is 39.2 Å². The lowest BCUT2D eigenvalue weighted by atomic mass is 10.1. The molecular weight excluding hydrogens is 230 g/mol. The van der Waals surface area contributed by atoms with E-state index < -0.39 is 0 Å². The molecule has 2 aromatic carbocycles. The molecule has 0 bridgehead atoms. The molecule has 0 atom stereocenters. The minimum atomic E-state index is 0.906. The Labute approximate surface area is 115 Å². The van der Waals surface area contributed by atoms with Crippen LogP contribution in [0.3, 0.4) is 0 Å². The molecular formula is C18H21N. The van der Waals surface area contributed by atoms with E-state index in [1.807, 2.05) is 0 Å². The zero-order valence-electron chi connectivity index (χ0n) is 11.6. The molecule has 1 aliphatic carbocycles. The van der Waals surface area contributed by atoms with E-state index >= 15 is 0 Å². The quantitative estimate of drug-likeness (QED) is 0.852. The van der Waals surface area contributed by atoms with Crippen molar-refractivity contribution in [3.63, 3.8) is 0 Å². The summed E-state index contributed by atoms with van der Waals surface area (Å²) in [5.41, 5.74) is 7.07. The van der Waals surface area contributed by atoms with Gasteiger partial charge in [0, 0.05) is 12.2 Å². The number of aryl methyl sites for hydroxylation is 3. The third-order valence-electron chi connectivity index (χ3n) is 4.03. The first-order chi connectivity index (χ1) is 9.35. The molecule has 19 heavy (non-hydrogen) atoms. The van der Waals surface area contributed by atoms with E-state index in [4.69, 9.17) is 0 Å². The third kappa shape index (κ3) is 2.81. The zero-order chi connectivity index (χ0) is 13.1. The summed E-state index contributed by atoms with van der Waals surface area (Å²) in [6.45, 7) is 3.10. The normalized spacial score (nSPS) is 13.3. The van der Waals surface area contributed by atoms with E-state index in [1.54, 1.807) is 0 Å². The van der Waals surface area contributed by atoms with Gasteiger partial charge in [-0.3, -0.25) is 0 Å². The van der Waals surface area contributed by atoms with E-state index in [2.05, 4.69) is 54.7 Å². The number of benzene rings is 2. The van der Waals surface area contributed by atoms with Crippen LogP contribution in [0.1, 0.15) is 35.6 Å². The van der Waals surface area contributed by atoms with Crippen LogP contribution in [0.15, 0.2) is 42.5 Å². The van der Waals surface area contributed by atoms with Crippen LogP contribution < -0.4 is 5.32 Å². The van der Waals surface area contributed by atoms with Crippen molar-refractivity contribution in [1.29, 1.82) is 0 Å². The molecule has 3 rings (SSSR count). The molecule has 0 saturated heterocycles. The molecule has 0 amide bonds. The lowest BCUT2D eigenvalue weighted by molar-refractivity contribution is 0.912. The van der Waals surface area contributed by atoms with E-state index in [9.17, 15) is 0 Å². The number of hydrogen-bond acceptors (Lipinski definition) is 1. The first-order valence-electron chi connectivity index (χ1n) is 7.28. The van der Waals surface area contributed by atoms with Gasteiger partial charge in [-0.25, -0.2) is 0 Å².